The van der Waals surface area contributed by atoms with Gasteiger partial charge in [0.05, 0.1) is 0 Å². The summed E-state index contributed by atoms with van der Waals surface area (Å²) in [5, 5.41) is 0. The van der Waals surface area contributed by atoms with E-state index >= 15 is 0 Å². The third-order valence-corrected chi connectivity index (χ3v) is 9.19. The Morgan fingerprint density at radius 2 is 1.57 bits per heavy atom. The van der Waals surface area contributed by atoms with Crippen molar-refractivity contribution in [1.82, 2.24) is 0 Å². The summed E-state index contributed by atoms with van der Waals surface area (Å²) in [6.07, 6.45) is 13.8. The second kappa shape index (κ2) is 5.46. The first-order valence-corrected chi connectivity index (χ1v) is 10.1. The van der Waals surface area contributed by atoms with E-state index in [1.807, 2.05) is 14.2 Å². The van der Waals surface area contributed by atoms with Gasteiger partial charge in [-0.05, 0) is 79.4 Å². The minimum atomic E-state index is -0.298. The molecule has 2 nitrogen and oxygen atoms in total. The van der Waals surface area contributed by atoms with E-state index in [4.69, 9.17) is 9.47 Å². The zero-order valence-electron chi connectivity index (χ0n) is 15.7. The maximum Gasteiger partial charge on any atom is 0.167 e. The second-order valence-electron chi connectivity index (χ2n) is 9.76. The van der Waals surface area contributed by atoms with Crippen molar-refractivity contribution in [3.8, 4) is 0 Å². The molecule has 0 spiro atoms. The molecule has 0 aliphatic heterocycles. The Hall–Kier alpha value is -0.0800. The highest BCUT2D eigenvalue weighted by Gasteiger charge is 2.59. The van der Waals surface area contributed by atoms with Crippen LogP contribution in [0.5, 0.6) is 0 Å². The van der Waals surface area contributed by atoms with Crippen LogP contribution in [0.15, 0.2) is 0 Å². The first-order valence-electron chi connectivity index (χ1n) is 10.1. The SMILES string of the molecule is COC1(OC)CC[C@@]2(C)[C@@H](CC[C@H]3[C@H]2CC[C@]2(C)CCC[C@@H]32)C1. The average Bonchev–Trinajstić information content (AvgIpc) is 2.96. The van der Waals surface area contributed by atoms with Gasteiger partial charge in [0, 0.05) is 27.1 Å². The van der Waals surface area contributed by atoms with Gasteiger partial charge in [-0.3, -0.25) is 0 Å². The Morgan fingerprint density at radius 3 is 2.30 bits per heavy atom. The highest BCUT2D eigenvalue weighted by atomic mass is 16.7. The number of rotatable bonds is 2. The number of hydrogen-bond acceptors (Lipinski definition) is 2. The molecule has 0 unspecified atom stereocenters. The zero-order valence-corrected chi connectivity index (χ0v) is 15.7. The fourth-order valence-corrected chi connectivity index (χ4v) is 7.64. The van der Waals surface area contributed by atoms with E-state index < -0.39 is 0 Å². The quantitative estimate of drug-likeness (QED) is 0.633. The summed E-state index contributed by atoms with van der Waals surface area (Å²) in [7, 11) is 3.67. The predicted octanol–water partition coefficient (Wildman–Crippen LogP) is 5.41. The summed E-state index contributed by atoms with van der Waals surface area (Å²) < 4.78 is 11.6. The second-order valence-corrected chi connectivity index (χ2v) is 9.76. The lowest BCUT2D eigenvalue weighted by Crippen LogP contribution is -2.56. The molecule has 4 aliphatic rings. The molecule has 2 heteroatoms. The van der Waals surface area contributed by atoms with Crippen LogP contribution in [0.1, 0.15) is 78.1 Å². The maximum absolute atomic E-state index is 5.82. The lowest BCUT2D eigenvalue weighted by atomic mass is 9.45. The molecule has 0 aromatic carbocycles. The largest absolute Gasteiger partial charge is 0.353 e. The van der Waals surface area contributed by atoms with Gasteiger partial charge in [0.25, 0.3) is 0 Å². The summed E-state index contributed by atoms with van der Waals surface area (Å²) in [5.41, 5.74) is 1.22. The lowest BCUT2D eigenvalue weighted by Gasteiger charge is -2.61. The fraction of sp³-hybridized carbons (Fsp3) is 1.00. The average molecular weight is 321 g/mol. The van der Waals surface area contributed by atoms with Crippen LogP contribution < -0.4 is 0 Å². The first-order chi connectivity index (χ1) is 11.0. The van der Waals surface area contributed by atoms with Gasteiger partial charge >= 0.3 is 0 Å². The molecule has 4 saturated carbocycles. The Kier molecular flexibility index (Phi) is 3.89. The molecule has 4 rings (SSSR count). The van der Waals surface area contributed by atoms with Crippen LogP contribution in [-0.4, -0.2) is 20.0 Å². The highest BCUT2D eigenvalue weighted by molar-refractivity contribution is 5.08. The fourth-order valence-electron chi connectivity index (χ4n) is 7.64. The molecule has 4 fully saturated rings. The van der Waals surface area contributed by atoms with Crippen molar-refractivity contribution in [2.24, 2.45) is 34.5 Å². The van der Waals surface area contributed by atoms with E-state index in [9.17, 15) is 0 Å². The van der Waals surface area contributed by atoms with Crippen molar-refractivity contribution >= 4 is 0 Å². The standard InChI is InChI=1S/C21H36O2/c1-19-10-5-6-17(19)16-8-7-15-14-21(22-3,23-4)13-12-20(15,2)18(16)9-11-19/h15-18H,5-14H2,1-4H3/t15-,16+,17-,18+,19-,20-/m0/s1. The molecule has 0 bridgehead atoms. The lowest BCUT2D eigenvalue weighted by molar-refractivity contribution is -0.261. The van der Waals surface area contributed by atoms with Crippen LogP contribution in [0.2, 0.25) is 0 Å². The Labute approximate surface area is 142 Å². The van der Waals surface area contributed by atoms with Crippen molar-refractivity contribution in [3.63, 3.8) is 0 Å². The molecule has 23 heavy (non-hydrogen) atoms. The summed E-state index contributed by atoms with van der Waals surface area (Å²) in [4.78, 5) is 0. The summed E-state index contributed by atoms with van der Waals surface area (Å²) in [6.45, 7) is 5.23. The van der Waals surface area contributed by atoms with Crippen LogP contribution in [0.3, 0.4) is 0 Å². The van der Waals surface area contributed by atoms with Gasteiger partial charge in [-0.15, -0.1) is 0 Å². The number of methoxy groups -OCH3 is 2. The van der Waals surface area contributed by atoms with E-state index in [-0.39, 0.29) is 5.79 Å². The van der Waals surface area contributed by atoms with Gasteiger partial charge in [-0.25, -0.2) is 0 Å². The van der Waals surface area contributed by atoms with E-state index in [1.165, 1.54) is 51.4 Å². The van der Waals surface area contributed by atoms with E-state index in [0.717, 1.165) is 36.5 Å². The first kappa shape index (κ1) is 16.4. The minimum absolute atomic E-state index is 0.298. The van der Waals surface area contributed by atoms with Crippen molar-refractivity contribution in [3.05, 3.63) is 0 Å². The van der Waals surface area contributed by atoms with Crippen LogP contribution in [0.4, 0.5) is 0 Å². The van der Waals surface area contributed by atoms with Gasteiger partial charge in [-0.1, -0.05) is 20.3 Å². The molecule has 0 saturated heterocycles. The van der Waals surface area contributed by atoms with Gasteiger partial charge in [0.1, 0.15) is 0 Å². The third-order valence-electron chi connectivity index (χ3n) is 9.19. The summed E-state index contributed by atoms with van der Waals surface area (Å²) >= 11 is 0. The third kappa shape index (κ3) is 2.27. The minimum Gasteiger partial charge on any atom is -0.353 e. The van der Waals surface area contributed by atoms with E-state index in [0.29, 0.717) is 10.8 Å². The van der Waals surface area contributed by atoms with E-state index in [1.54, 1.807) is 0 Å². The van der Waals surface area contributed by atoms with Crippen LogP contribution >= 0.6 is 0 Å². The predicted molar refractivity (Wildman–Crippen MR) is 93.1 cm³/mol. The highest BCUT2D eigenvalue weighted by Crippen LogP contribution is 2.67. The number of ether oxygens (including phenoxy) is 2. The molecule has 6 atom stereocenters. The molecule has 0 aromatic heterocycles. The maximum atomic E-state index is 5.82. The normalized spacial score (nSPS) is 51.7. The molecule has 0 heterocycles. The number of fused-ring (bicyclic) bond motifs is 5. The Balaban J connectivity index is 1.59. The van der Waals surface area contributed by atoms with Gasteiger partial charge < -0.3 is 9.47 Å². The van der Waals surface area contributed by atoms with Crippen molar-refractivity contribution in [2.75, 3.05) is 14.2 Å². The van der Waals surface area contributed by atoms with Crippen molar-refractivity contribution < 1.29 is 9.47 Å². The van der Waals surface area contributed by atoms with E-state index in [2.05, 4.69) is 13.8 Å². The molecule has 4 aliphatic carbocycles. The van der Waals surface area contributed by atoms with Gasteiger partial charge in [0.2, 0.25) is 0 Å². The molecular formula is C21H36O2. The summed E-state index contributed by atoms with van der Waals surface area (Å²) in [5.74, 6) is 3.49. The molecule has 0 amide bonds. The number of hydrogen-bond donors (Lipinski definition) is 0. The Morgan fingerprint density at radius 1 is 0.783 bits per heavy atom. The topological polar surface area (TPSA) is 18.5 Å². The molecule has 0 radical (unpaired) electrons. The van der Waals surface area contributed by atoms with Crippen molar-refractivity contribution in [1.29, 1.82) is 0 Å². The molecule has 132 valence electrons. The summed E-state index contributed by atoms with van der Waals surface area (Å²) in [6, 6.07) is 0. The Bertz CT molecular complexity index is 457. The van der Waals surface area contributed by atoms with Crippen molar-refractivity contribution in [2.45, 2.75) is 83.8 Å². The smallest absolute Gasteiger partial charge is 0.167 e. The zero-order chi connectivity index (χ0) is 16.3. The van der Waals surface area contributed by atoms with Crippen LogP contribution in [0, 0.1) is 34.5 Å². The monoisotopic (exact) mass is 320 g/mol. The van der Waals surface area contributed by atoms with Crippen LogP contribution in [-0.2, 0) is 9.47 Å². The van der Waals surface area contributed by atoms with Crippen LogP contribution in [0.25, 0.3) is 0 Å². The van der Waals surface area contributed by atoms with Gasteiger partial charge in [0.15, 0.2) is 5.79 Å². The molecular weight excluding hydrogens is 284 g/mol. The van der Waals surface area contributed by atoms with Gasteiger partial charge in [-0.2, -0.15) is 0 Å². The molecule has 0 aromatic rings. The molecule has 0 N–H and O–H groups in total.